The van der Waals surface area contributed by atoms with Gasteiger partial charge in [0, 0.05) is 27.2 Å². The maximum absolute atomic E-state index is 8.08. The van der Waals surface area contributed by atoms with Gasteiger partial charge in [0.15, 0.2) is 11.1 Å². The molecule has 0 bridgehead atoms. The summed E-state index contributed by atoms with van der Waals surface area (Å²) in [7, 11) is 0. The summed E-state index contributed by atoms with van der Waals surface area (Å²) in [6.07, 6.45) is 3.29. The summed E-state index contributed by atoms with van der Waals surface area (Å²) in [5, 5.41) is 15.3. The Morgan fingerprint density at radius 2 is 1.55 bits per heavy atom. The van der Waals surface area contributed by atoms with Crippen molar-refractivity contribution in [3.8, 4) is 5.69 Å². The first-order valence-corrected chi connectivity index (χ1v) is 10.1. The minimum Gasteiger partial charge on any atom is -0.354 e. The van der Waals surface area contributed by atoms with Crippen molar-refractivity contribution in [2.75, 3.05) is 0 Å². The number of imidazole rings is 1. The van der Waals surface area contributed by atoms with Crippen LogP contribution in [0, 0.1) is 5.41 Å². The number of H-pyrrole nitrogens is 2. The van der Waals surface area contributed by atoms with E-state index in [1.807, 2.05) is 4.57 Å². The third-order valence-electron chi connectivity index (χ3n) is 6.12. The average Bonchev–Trinajstić information content (AvgIpc) is 3.45. The molecule has 0 saturated carbocycles. The summed E-state index contributed by atoms with van der Waals surface area (Å²) >= 11 is 0. The molecule has 7 rings (SSSR count). The van der Waals surface area contributed by atoms with E-state index in [1.54, 1.807) is 12.7 Å². The maximum atomic E-state index is 8.08. The van der Waals surface area contributed by atoms with Gasteiger partial charge in [-0.15, -0.1) is 0 Å². The van der Waals surface area contributed by atoms with Crippen molar-refractivity contribution in [1.82, 2.24) is 24.5 Å². The first kappa shape index (κ1) is 16.4. The van der Waals surface area contributed by atoms with Gasteiger partial charge in [-0.2, -0.15) is 0 Å². The number of aromatic amines is 2. The molecule has 3 heterocycles. The highest BCUT2D eigenvalue weighted by Crippen LogP contribution is 2.39. The molecule has 0 radical (unpaired) electrons. The van der Waals surface area contributed by atoms with Gasteiger partial charge in [-0.25, -0.2) is 9.97 Å². The zero-order valence-corrected chi connectivity index (χ0v) is 16.3. The molecule has 4 aromatic carbocycles. The van der Waals surface area contributed by atoms with E-state index in [9.17, 15) is 0 Å². The van der Waals surface area contributed by atoms with Gasteiger partial charge in [0.2, 0.25) is 0 Å². The number of aromatic nitrogens is 5. The highest BCUT2D eigenvalue weighted by molar-refractivity contribution is 6.28. The molecule has 0 aliphatic carbocycles. The van der Waals surface area contributed by atoms with Crippen LogP contribution in [0.25, 0.3) is 60.2 Å². The van der Waals surface area contributed by atoms with Gasteiger partial charge in [0.05, 0.1) is 12.0 Å². The third kappa shape index (κ3) is 2.13. The lowest BCUT2D eigenvalue weighted by Gasteiger charge is -2.12. The van der Waals surface area contributed by atoms with Crippen LogP contribution in [0.4, 0.5) is 0 Å². The van der Waals surface area contributed by atoms with Gasteiger partial charge in [0.25, 0.3) is 0 Å². The second-order valence-electron chi connectivity index (χ2n) is 7.76. The quantitative estimate of drug-likeness (QED) is 0.355. The summed E-state index contributed by atoms with van der Waals surface area (Å²) in [5.74, 6) is 0. The van der Waals surface area contributed by atoms with Crippen LogP contribution < -0.4 is 5.49 Å². The molecule has 31 heavy (non-hydrogen) atoms. The Labute approximate surface area is 175 Å². The van der Waals surface area contributed by atoms with Crippen molar-refractivity contribution >= 4 is 54.5 Å². The van der Waals surface area contributed by atoms with E-state index in [4.69, 9.17) is 5.41 Å². The number of benzene rings is 4. The lowest BCUT2D eigenvalue weighted by atomic mass is 9.98. The number of hydrogen-bond donors (Lipinski definition) is 3. The molecule has 0 fully saturated rings. The Morgan fingerprint density at radius 1 is 0.774 bits per heavy atom. The van der Waals surface area contributed by atoms with Crippen molar-refractivity contribution < 1.29 is 0 Å². The van der Waals surface area contributed by atoms with Crippen LogP contribution in [0.2, 0.25) is 0 Å². The van der Waals surface area contributed by atoms with Crippen molar-refractivity contribution in [3.63, 3.8) is 0 Å². The molecule has 0 saturated heterocycles. The van der Waals surface area contributed by atoms with Gasteiger partial charge in [-0.05, 0) is 28.3 Å². The molecule has 3 aromatic heterocycles. The van der Waals surface area contributed by atoms with Crippen molar-refractivity contribution in [3.05, 3.63) is 84.9 Å². The minimum absolute atomic E-state index is 0.186. The summed E-state index contributed by atoms with van der Waals surface area (Å²) in [6, 6.07) is 23.4. The molecule has 0 unspecified atom stereocenters. The third-order valence-corrected chi connectivity index (χ3v) is 6.12. The number of nitrogens with zero attached hydrogens (tertiary/aromatic N) is 3. The molecule has 0 spiro atoms. The predicted octanol–water partition coefficient (Wildman–Crippen LogP) is 5.17. The Bertz CT molecular complexity index is 1870. The maximum Gasteiger partial charge on any atom is 0.173 e. The molecular formula is C25H16N6. The Balaban J connectivity index is 1.71. The van der Waals surface area contributed by atoms with Gasteiger partial charge < -0.3 is 9.97 Å². The van der Waals surface area contributed by atoms with Crippen molar-refractivity contribution in [2.45, 2.75) is 0 Å². The van der Waals surface area contributed by atoms with Crippen LogP contribution in [-0.4, -0.2) is 24.5 Å². The van der Waals surface area contributed by atoms with Gasteiger partial charge in [-0.1, -0.05) is 54.6 Å². The van der Waals surface area contributed by atoms with E-state index in [-0.39, 0.29) is 5.49 Å². The summed E-state index contributed by atoms with van der Waals surface area (Å²) in [4.78, 5) is 15.4. The Kier molecular flexibility index (Phi) is 3.06. The molecule has 146 valence electrons. The van der Waals surface area contributed by atoms with E-state index >= 15 is 0 Å². The lowest BCUT2D eigenvalue weighted by molar-refractivity contribution is 0.977. The van der Waals surface area contributed by atoms with Crippen LogP contribution in [0.15, 0.2) is 79.4 Å². The molecule has 6 heteroatoms. The molecule has 3 N–H and O–H groups in total. The average molecular weight is 400 g/mol. The number of rotatable bonds is 1. The minimum atomic E-state index is 0.186. The first-order chi connectivity index (χ1) is 15.3. The fraction of sp³-hybridized carbons (Fsp3) is 0. The van der Waals surface area contributed by atoms with E-state index in [1.165, 1.54) is 26.9 Å². The lowest BCUT2D eigenvalue weighted by Crippen LogP contribution is -2.11. The Morgan fingerprint density at radius 3 is 2.45 bits per heavy atom. The second kappa shape index (κ2) is 5.79. The van der Waals surface area contributed by atoms with Crippen molar-refractivity contribution in [1.29, 1.82) is 5.41 Å². The van der Waals surface area contributed by atoms with E-state index in [0.717, 1.165) is 22.1 Å². The van der Waals surface area contributed by atoms with Crippen LogP contribution in [0.3, 0.4) is 0 Å². The smallest absolute Gasteiger partial charge is 0.173 e. The van der Waals surface area contributed by atoms with E-state index < -0.39 is 0 Å². The van der Waals surface area contributed by atoms with Crippen molar-refractivity contribution in [2.24, 2.45) is 0 Å². The normalized spacial score (nSPS) is 12.0. The zero-order valence-electron chi connectivity index (χ0n) is 16.3. The van der Waals surface area contributed by atoms with Crippen LogP contribution in [0.5, 0.6) is 0 Å². The SMILES string of the molecule is N=c1ncn(-c2cc3[nH]c4ccc5ccccc5c4c3c3ccccc23)c2nc[nH]c12. The van der Waals surface area contributed by atoms with E-state index in [0.29, 0.717) is 11.2 Å². The zero-order chi connectivity index (χ0) is 20.5. The Hall–Kier alpha value is -4.45. The van der Waals surface area contributed by atoms with Gasteiger partial charge in [-0.3, -0.25) is 9.98 Å². The molecule has 0 atom stereocenters. The fourth-order valence-corrected chi connectivity index (χ4v) is 4.77. The molecule has 0 aliphatic heterocycles. The second-order valence-corrected chi connectivity index (χ2v) is 7.76. The molecule has 0 amide bonds. The largest absolute Gasteiger partial charge is 0.354 e. The standard InChI is InChI=1S/C25H16N6/c26-24-23-25(28-12-27-23)31(13-29-24)20-11-19-22(17-8-4-3-7-16(17)20)21-15-6-2-1-5-14(15)9-10-18(21)30-19/h1-13,26,30H,(H,27,28). The molecule has 0 aliphatic rings. The van der Waals surface area contributed by atoms with E-state index in [2.05, 4.69) is 86.7 Å². The summed E-state index contributed by atoms with van der Waals surface area (Å²) in [6.45, 7) is 0. The summed E-state index contributed by atoms with van der Waals surface area (Å²) < 4.78 is 1.95. The van der Waals surface area contributed by atoms with Crippen LogP contribution >= 0.6 is 0 Å². The molecular weight excluding hydrogens is 384 g/mol. The van der Waals surface area contributed by atoms with Gasteiger partial charge >= 0.3 is 0 Å². The fourth-order valence-electron chi connectivity index (χ4n) is 4.77. The van der Waals surface area contributed by atoms with Gasteiger partial charge in [0.1, 0.15) is 11.8 Å². The summed E-state index contributed by atoms with van der Waals surface area (Å²) in [5.41, 5.74) is 4.65. The molecule has 6 nitrogen and oxygen atoms in total. The number of hydrogen-bond acceptors (Lipinski definition) is 3. The number of fused-ring (bicyclic) bond motifs is 8. The topological polar surface area (TPSA) is 86.1 Å². The van der Waals surface area contributed by atoms with Crippen LogP contribution in [-0.2, 0) is 0 Å². The monoisotopic (exact) mass is 400 g/mol. The predicted molar refractivity (Wildman–Crippen MR) is 123 cm³/mol. The number of nitrogens with one attached hydrogen (secondary N) is 3. The first-order valence-electron chi connectivity index (χ1n) is 10.1. The molecule has 7 aromatic rings. The highest BCUT2D eigenvalue weighted by Gasteiger charge is 2.16. The highest BCUT2D eigenvalue weighted by atomic mass is 15.1. The van der Waals surface area contributed by atoms with Crippen LogP contribution in [0.1, 0.15) is 0 Å².